The Morgan fingerprint density at radius 2 is 2.33 bits per heavy atom. The van der Waals surface area contributed by atoms with Crippen LogP contribution >= 0.6 is 0 Å². The molecule has 0 spiro atoms. The fourth-order valence-electron chi connectivity index (χ4n) is 2.76. The molecule has 0 saturated heterocycles. The van der Waals surface area contributed by atoms with Crippen LogP contribution in [0.25, 0.3) is 0 Å². The van der Waals surface area contributed by atoms with Crippen molar-refractivity contribution in [2.24, 2.45) is 7.05 Å². The van der Waals surface area contributed by atoms with Crippen LogP contribution in [-0.2, 0) is 18.2 Å². The first-order chi connectivity index (χ1) is 8.67. The second-order valence-corrected chi connectivity index (χ2v) is 5.29. The van der Waals surface area contributed by atoms with Gasteiger partial charge in [-0.3, -0.25) is 4.68 Å². The molecule has 0 aliphatic heterocycles. The van der Waals surface area contributed by atoms with Crippen molar-refractivity contribution in [1.29, 1.82) is 0 Å². The predicted octanol–water partition coefficient (Wildman–Crippen LogP) is 1.29. The number of nitrogens with one attached hydrogen (secondary N) is 1. The minimum Gasteiger partial charge on any atom is -0.378 e. The third kappa shape index (κ3) is 3.09. The number of likely N-dealkylation sites (N-methyl/N-ethyl adjacent to an activating group) is 1. The van der Waals surface area contributed by atoms with Crippen molar-refractivity contribution >= 4 is 0 Å². The lowest BCUT2D eigenvalue weighted by molar-refractivity contribution is -0.0833. The van der Waals surface area contributed by atoms with Crippen LogP contribution in [0.3, 0.4) is 0 Å². The maximum Gasteiger partial charge on any atom is 0.0842 e. The molecule has 0 aromatic carbocycles. The van der Waals surface area contributed by atoms with E-state index in [4.69, 9.17) is 4.74 Å². The molecule has 0 radical (unpaired) electrons. The fourth-order valence-corrected chi connectivity index (χ4v) is 2.76. The highest BCUT2D eigenvalue weighted by atomic mass is 16.5. The summed E-state index contributed by atoms with van der Waals surface area (Å²) in [5, 5.41) is 11.7. The molecule has 102 valence electrons. The van der Waals surface area contributed by atoms with E-state index < -0.39 is 0 Å². The molecule has 0 amide bonds. The molecule has 5 nitrogen and oxygen atoms in total. The minimum absolute atomic E-state index is 0.106. The van der Waals surface area contributed by atoms with Gasteiger partial charge in [0.2, 0.25) is 0 Å². The number of aromatic nitrogens is 3. The van der Waals surface area contributed by atoms with Gasteiger partial charge in [0.1, 0.15) is 0 Å². The van der Waals surface area contributed by atoms with Crippen molar-refractivity contribution in [3.05, 3.63) is 11.9 Å². The number of aryl methyl sites for hydroxylation is 1. The van der Waals surface area contributed by atoms with Crippen LogP contribution < -0.4 is 5.32 Å². The van der Waals surface area contributed by atoms with Crippen LogP contribution in [0.4, 0.5) is 0 Å². The van der Waals surface area contributed by atoms with Gasteiger partial charge in [0.25, 0.3) is 0 Å². The van der Waals surface area contributed by atoms with Crippen LogP contribution in [0.15, 0.2) is 6.20 Å². The van der Waals surface area contributed by atoms with Crippen molar-refractivity contribution in [1.82, 2.24) is 20.3 Å². The number of rotatable bonds is 7. The van der Waals surface area contributed by atoms with Crippen LogP contribution in [0.1, 0.15) is 38.3 Å². The maximum absolute atomic E-state index is 5.71. The molecule has 1 aromatic rings. The Hall–Kier alpha value is -0.940. The molecule has 1 unspecified atom stereocenters. The Balaban J connectivity index is 1.95. The number of methoxy groups -OCH3 is 1. The molecule has 1 aliphatic carbocycles. The zero-order chi connectivity index (χ0) is 13.0. The zero-order valence-corrected chi connectivity index (χ0v) is 11.6. The van der Waals surface area contributed by atoms with Crippen molar-refractivity contribution in [2.45, 2.75) is 50.7 Å². The van der Waals surface area contributed by atoms with Gasteiger partial charge in [-0.2, -0.15) is 0 Å². The molecule has 1 heterocycles. The molecule has 1 fully saturated rings. The average Bonchev–Trinajstić information content (AvgIpc) is 2.69. The topological polar surface area (TPSA) is 52.0 Å². The van der Waals surface area contributed by atoms with E-state index in [2.05, 4.69) is 22.6 Å². The first-order valence-electron chi connectivity index (χ1n) is 6.81. The van der Waals surface area contributed by atoms with E-state index >= 15 is 0 Å². The quantitative estimate of drug-likeness (QED) is 0.794. The van der Waals surface area contributed by atoms with Gasteiger partial charge in [0.15, 0.2) is 0 Å². The van der Waals surface area contributed by atoms with Gasteiger partial charge >= 0.3 is 0 Å². The average molecular weight is 252 g/mol. The molecule has 2 rings (SSSR count). The summed E-state index contributed by atoms with van der Waals surface area (Å²) in [6.07, 6.45) is 7.64. The lowest BCUT2D eigenvalue weighted by Crippen LogP contribution is -2.46. The normalized spacial score (nSPS) is 19.5. The van der Waals surface area contributed by atoms with Crippen molar-refractivity contribution in [3.8, 4) is 0 Å². The Labute approximate surface area is 109 Å². The van der Waals surface area contributed by atoms with Gasteiger partial charge in [-0.05, 0) is 32.2 Å². The summed E-state index contributed by atoms with van der Waals surface area (Å²) in [6, 6.07) is 0.423. The second-order valence-electron chi connectivity index (χ2n) is 5.29. The van der Waals surface area contributed by atoms with Crippen molar-refractivity contribution < 1.29 is 4.74 Å². The Morgan fingerprint density at radius 1 is 1.56 bits per heavy atom. The molecule has 1 aromatic heterocycles. The summed E-state index contributed by atoms with van der Waals surface area (Å²) in [6.45, 7) is 3.12. The molecular weight excluding hydrogens is 228 g/mol. The first-order valence-corrected chi connectivity index (χ1v) is 6.81. The molecule has 1 N–H and O–H groups in total. The van der Waals surface area contributed by atoms with Crippen molar-refractivity contribution in [2.75, 3.05) is 13.7 Å². The number of ether oxygens (including phenoxy) is 1. The Morgan fingerprint density at radius 3 is 2.78 bits per heavy atom. The molecule has 1 atom stereocenters. The maximum atomic E-state index is 5.71. The Bertz CT molecular complexity index is 367. The molecule has 1 aliphatic rings. The van der Waals surface area contributed by atoms with Gasteiger partial charge in [0, 0.05) is 32.8 Å². The molecule has 5 heteroatoms. The summed E-state index contributed by atoms with van der Waals surface area (Å²) in [4.78, 5) is 0. The van der Waals surface area contributed by atoms with E-state index in [1.807, 2.05) is 20.4 Å². The molecule has 18 heavy (non-hydrogen) atoms. The predicted molar refractivity (Wildman–Crippen MR) is 70.4 cm³/mol. The Kier molecular flexibility index (Phi) is 4.35. The number of hydrogen-bond donors (Lipinski definition) is 1. The summed E-state index contributed by atoms with van der Waals surface area (Å²) >= 11 is 0. The van der Waals surface area contributed by atoms with Gasteiger partial charge in [-0.25, -0.2) is 0 Å². The first kappa shape index (κ1) is 13.5. The van der Waals surface area contributed by atoms with Gasteiger partial charge in [-0.1, -0.05) is 12.1 Å². The highest BCUT2D eigenvalue weighted by Gasteiger charge is 2.38. The third-order valence-electron chi connectivity index (χ3n) is 3.91. The number of hydrogen-bond acceptors (Lipinski definition) is 4. The third-order valence-corrected chi connectivity index (χ3v) is 3.91. The molecular formula is C13H24N4O. The fraction of sp³-hybridized carbons (Fsp3) is 0.846. The lowest BCUT2D eigenvalue weighted by atomic mass is 9.75. The van der Waals surface area contributed by atoms with E-state index in [1.165, 1.54) is 19.3 Å². The highest BCUT2D eigenvalue weighted by Crippen LogP contribution is 2.39. The SMILES string of the molecule is CCNC(Cc1cn(C)nn1)CC1(OC)CCC1. The van der Waals surface area contributed by atoms with Crippen LogP contribution in [0, 0.1) is 0 Å². The lowest BCUT2D eigenvalue weighted by Gasteiger charge is -2.43. The molecule has 1 saturated carbocycles. The smallest absolute Gasteiger partial charge is 0.0842 e. The van der Waals surface area contributed by atoms with Gasteiger partial charge in [-0.15, -0.1) is 5.10 Å². The standard InChI is InChI=1S/C13H24N4O/c1-4-14-11(8-12-10-17(2)16-15-12)9-13(18-3)6-5-7-13/h10-11,14H,4-9H2,1-3H3. The van der Waals surface area contributed by atoms with E-state index in [0.29, 0.717) is 6.04 Å². The summed E-state index contributed by atoms with van der Waals surface area (Å²) < 4.78 is 7.47. The molecule has 0 bridgehead atoms. The van der Waals surface area contributed by atoms with E-state index in [0.717, 1.165) is 25.1 Å². The van der Waals surface area contributed by atoms with Crippen LogP contribution in [0.2, 0.25) is 0 Å². The van der Waals surface area contributed by atoms with E-state index in [9.17, 15) is 0 Å². The zero-order valence-electron chi connectivity index (χ0n) is 11.6. The number of nitrogens with zero attached hydrogens (tertiary/aromatic N) is 3. The van der Waals surface area contributed by atoms with Crippen LogP contribution in [-0.4, -0.2) is 40.3 Å². The second kappa shape index (κ2) is 5.80. The summed E-state index contributed by atoms with van der Waals surface area (Å²) in [7, 11) is 3.74. The van der Waals surface area contributed by atoms with E-state index in [-0.39, 0.29) is 5.60 Å². The highest BCUT2D eigenvalue weighted by molar-refractivity contribution is 5.00. The summed E-state index contributed by atoms with van der Waals surface area (Å²) in [5.74, 6) is 0. The van der Waals surface area contributed by atoms with E-state index in [1.54, 1.807) is 4.68 Å². The summed E-state index contributed by atoms with van der Waals surface area (Å²) in [5.41, 5.74) is 1.16. The largest absolute Gasteiger partial charge is 0.378 e. The van der Waals surface area contributed by atoms with Crippen LogP contribution in [0.5, 0.6) is 0 Å². The van der Waals surface area contributed by atoms with Gasteiger partial charge < -0.3 is 10.1 Å². The minimum atomic E-state index is 0.106. The van der Waals surface area contributed by atoms with Gasteiger partial charge in [0.05, 0.1) is 11.3 Å². The van der Waals surface area contributed by atoms with Crippen molar-refractivity contribution in [3.63, 3.8) is 0 Å². The monoisotopic (exact) mass is 252 g/mol.